The molecule has 7 nitrogen and oxygen atoms in total. The molecule has 1 saturated heterocycles. The third-order valence-electron chi connectivity index (χ3n) is 3.77. The molecule has 1 fully saturated rings. The van der Waals surface area contributed by atoms with E-state index in [1.165, 1.54) is 24.3 Å². The molecule has 0 spiro atoms. The fourth-order valence-corrected chi connectivity index (χ4v) is 3.28. The van der Waals surface area contributed by atoms with Gasteiger partial charge in [0.15, 0.2) is 0 Å². The average Bonchev–Trinajstić information content (AvgIpc) is 2.59. The molecule has 0 atom stereocenters. The van der Waals surface area contributed by atoms with Crippen LogP contribution < -0.4 is 10.0 Å². The molecule has 1 aliphatic rings. The molecule has 2 rings (SSSR count). The van der Waals surface area contributed by atoms with Crippen LogP contribution in [0.3, 0.4) is 0 Å². The summed E-state index contributed by atoms with van der Waals surface area (Å²) in [6, 6.07) is 5.62. The van der Waals surface area contributed by atoms with Crippen LogP contribution in [0.15, 0.2) is 29.2 Å². The number of nitrogens with one attached hydrogen (secondary N) is 2. The predicted molar refractivity (Wildman–Crippen MR) is 87.8 cm³/mol. The van der Waals surface area contributed by atoms with Crippen molar-refractivity contribution in [3.8, 4) is 12.3 Å². The molecule has 0 saturated carbocycles. The Bertz CT molecular complexity index is 733. The smallest absolute Gasteiger partial charge is 0.251 e. The van der Waals surface area contributed by atoms with E-state index >= 15 is 0 Å². The van der Waals surface area contributed by atoms with Crippen LogP contribution in [0.4, 0.5) is 0 Å². The highest BCUT2D eigenvalue weighted by Gasteiger charge is 2.30. The maximum Gasteiger partial charge on any atom is 0.251 e. The van der Waals surface area contributed by atoms with E-state index in [0.29, 0.717) is 26.1 Å². The summed E-state index contributed by atoms with van der Waals surface area (Å²) in [6.07, 6.45) is 5.93. The Morgan fingerprint density at radius 1 is 1.38 bits per heavy atom. The van der Waals surface area contributed by atoms with Gasteiger partial charge in [0, 0.05) is 38.2 Å². The molecule has 0 aromatic heterocycles. The molecule has 1 heterocycles. The number of terminal acetylenes is 1. The van der Waals surface area contributed by atoms with Crippen molar-refractivity contribution in [1.82, 2.24) is 10.0 Å². The molecule has 1 aromatic rings. The Morgan fingerprint density at radius 3 is 2.75 bits per heavy atom. The number of benzene rings is 1. The van der Waals surface area contributed by atoms with Gasteiger partial charge in [-0.25, -0.2) is 8.42 Å². The van der Waals surface area contributed by atoms with Crippen LogP contribution in [0, 0.1) is 12.3 Å². The van der Waals surface area contributed by atoms with E-state index in [9.17, 15) is 18.3 Å². The van der Waals surface area contributed by atoms with Crippen molar-refractivity contribution in [3.63, 3.8) is 0 Å². The quantitative estimate of drug-likeness (QED) is 0.619. The summed E-state index contributed by atoms with van der Waals surface area (Å²) in [6.45, 7) is 0.845. The Hall–Kier alpha value is -1.92. The first kappa shape index (κ1) is 18.4. The van der Waals surface area contributed by atoms with Crippen LogP contribution in [-0.2, 0) is 14.8 Å². The van der Waals surface area contributed by atoms with Gasteiger partial charge in [-0.05, 0) is 18.2 Å². The minimum atomic E-state index is -3.76. The van der Waals surface area contributed by atoms with E-state index in [0.717, 1.165) is 0 Å². The molecule has 0 radical (unpaired) electrons. The number of amides is 1. The number of carbonyl (C=O) groups excluding carboxylic acids is 1. The zero-order chi connectivity index (χ0) is 17.6. The summed E-state index contributed by atoms with van der Waals surface area (Å²) in [5, 5.41) is 13.0. The van der Waals surface area contributed by atoms with Gasteiger partial charge in [0.2, 0.25) is 10.0 Å². The third-order valence-corrected chi connectivity index (χ3v) is 5.17. The van der Waals surface area contributed by atoms with Gasteiger partial charge < -0.3 is 15.2 Å². The second-order valence-electron chi connectivity index (χ2n) is 5.58. The molecule has 0 aliphatic carbocycles. The molecule has 3 N–H and O–H groups in total. The topological polar surface area (TPSA) is 105 Å². The van der Waals surface area contributed by atoms with E-state index in [1.807, 2.05) is 0 Å². The van der Waals surface area contributed by atoms with E-state index in [-0.39, 0.29) is 23.5 Å². The van der Waals surface area contributed by atoms with Crippen molar-refractivity contribution >= 4 is 15.9 Å². The lowest BCUT2D eigenvalue weighted by Crippen LogP contribution is -2.46. The summed E-state index contributed by atoms with van der Waals surface area (Å²) in [5.74, 6) is 1.73. The number of aliphatic hydroxyl groups is 1. The van der Waals surface area contributed by atoms with Crippen molar-refractivity contribution < 1.29 is 23.1 Å². The summed E-state index contributed by atoms with van der Waals surface area (Å²) in [4.78, 5) is 12.2. The van der Waals surface area contributed by atoms with Gasteiger partial charge in [0.05, 0.1) is 17.0 Å². The highest BCUT2D eigenvalue weighted by Crippen LogP contribution is 2.19. The number of ether oxygens (including phenoxy) is 1. The molecular weight excluding hydrogens is 332 g/mol. The number of hydrogen-bond donors (Lipinski definition) is 3. The zero-order valence-electron chi connectivity index (χ0n) is 13.1. The number of hydrogen-bond acceptors (Lipinski definition) is 5. The van der Waals surface area contributed by atoms with Gasteiger partial charge in [-0.1, -0.05) is 12.0 Å². The van der Waals surface area contributed by atoms with Crippen molar-refractivity contribution in [2.24, 2.45) is 0 Å². The van der Waals surface area contributed by atoms with Gasteiger partial charge in [0.1, 0.15) is 0 Å². The number of rotatable bonds is 6. The first-order chi connectivity index (χ1) is 11.4. The van der Waals surface area contributed by atoms with E-state index < -0.39 is 21.5 Å². The maximum absolute atomic E-state index is 12.2. The first-order valence-corrected chi connectivity index (χ1v) is 8.96. The normalized spacial score (nSPS) is 17.0. The number of sulfonamides is 1. The summed E-state index contributed by atoms with van der Waals surface area (Å²) >= 11 is 0. The van der Waals surface area contributed by atoms with Crippen LogP contribution in [-0.4, -0.2) is 51.3 Å². The largest absolute Gasteiger partial charge is 0.388 e. The number of carbonyl (C=O) groups is 1. The maximum atomic E-state index is 12.2. The average molecular weight is 352 g/mol. The van der Waals surface area contributed by atoms with Crippen molar-refractivity contribution in [3.05, 3.63) is 29.8 Å². The van der Waals surface area contributed by atoms with Gasteiger partial charge in [-0.15, -0.1) is 6.42 Å². The Kier molecular flexibility index (Phi) is 5.96. The molecule has 130 valence electrons. The van der Waals surface area contributed by atoms with Crippen LogP contribution in [0.25, 0.3) is 0 Å². The van der Waals surface area contributed by atoms with E-state index in [4.69, 9.17) is 11.2 Å². The van der Waals surface area contributed by atoms with Crippen molar-refractivity contribution in [2.75, 3.05) is 26.3 Å². The molecule has 0 unspecified atom stereocenters. The van der Waals surface area contributed by atoms with Gasteiger partial charge in [-0.2, -0.15) is 4.72 Å². The summed E-state index contributed by atoms with van der Waals surface area (Å²) in [5.41, 5.74) is -0.805. The van der Waals surface area contributed by atoms with Crippen molar-refractivity contribution in [1.29, 1.82) is 0 Å². The SMILES string of the molecule is C#CCNS(=O)(=O)c1cccc(C(=O)NCC2(O)CCOCC2)c1. The summed E-state index contributed by atoms with van der Waals surface area (Å²) < 4.78 is 31.5. The third kappa shape index (κ3) is 4.79. The standard InChI is InChI=1S/C16H20N2O5S/c1-2-8-18-24(21,22)14-5-3-4-13(11-14)15(19)17-12-16(20)6-9-23-10-7-16/h1,3-5,11,18,20H,6-10,12H2,(H,17,19). The van der Waals surface area contributed by atoms with Crippen LogP contribution in [0.1, 0.15) is 23.2 Å². The van der Waals surface area contributed by atoms with Crippen LogP contribution >= 0.6 is 0 Å². The Labute approximate surface area is 141 Å². The Balaban J connectivity index is 2.05. The minimum Gasteiger partial charge on any atom is -0.388 e. The molecule has 8 heteroatoms. The lowest BCUT2D eigenvalue weighted by Gasteiger charge is -2.32. The molecule has 1 amide bonds. The van der Waals surface area contributed by atoms with Crippen molar-refractivity contribution in [2.45, 2.75) is 23.3 Å². The molecule has 0 bridgehead atoms. The molecule has 1 aliphatic heterocycles. The van der Waals surface area contributed by atoms with Crippen LogP contribution in [0.5, 0.6) is 0 Å². The lowest BCUT2D eigenvalue weighted by molar-refractivity contribution is -0.0605. The van der Waals surface area contributed by atoms with Gasteiger partial charge in [0.25, 0.3) is 5.91 Å². The minimum absolute atomic E-state index is 0.0461. The molecular formula is C16H20N2O5S. The molecule has 24 heavy (non-hydrogen) atoms. The van der Waals surface area contributed by atoms with Gasteiger partial charge in [-0.3, -0.25) is 4.79 Å². The van der Waals surface area contributed by atoms with Crippen LogP contribution in [0.2, 0.25) is 0 Å². The summed E-state index contributed by atoms with van der Waals surface area (Å²) in [7, 11) is -3.76. The second-order valence-corrected chi connectivity index (χ2v) is 7.34. The monoisotopic (exact) mass is 352 g/mol. The fraction of sp³-hybridized carbons (Fsp3) is 0.438. The predicted octanol–water partition coefficient (Wildman–Crippen LogP) is -0.131. The zero-order valence-corrected chi connectivity index (χ0v) is 13.9. The fourth-order valence-electron chi connectivity index (χ4n) is 2.30. The highest BCUT2D eigenvalue weighted by molar-refractivity contribution is 7.89. The molecule has 1 aromatic carbocycles. The van der Waals surface area contributed by atoms with E-state index in [1.54, 1.807) is 0 Å². The van der Waals surface area contributed by atoms with Gasteiger partial charge >= 0.3 is 0 Å². The lowest BCUT2D eigenvalue weighted by atomic mass is 9.94. The Morgan fingerprint density at radius 2 is 2.08 bits per heavy atom. The van der Waals surface area contributed by atoms with E-state index in [2.05, 4.69) is 16.0 Å². The second kappa shape index (κ2) is 7.77. The first-order valence-electron chi connectivity index (χ1n) is 7.48. The highest BCUT2D eigenvalue weighted by atomic mass is 32.2.